The van der Waals surface area contributed by atoms with Crippen molar-refractivity contribution in [2.24, 2.45) is 11.7 Å². The SMILES string of the molecule is CC(C)N(CC(N)=S)C(=O)CC1CCCC1. The van der Waals surface area contributed by atoms with Crippen LogP contribution in [0, 0.1) is 5.92 Å². The molecule has 0 unspecified atom stereocenters. The fourth-order valence-electron chi connectivity index (χ4n) is 2.31. The predicted molar refractivity (Wildman–Crippen MR) is 70.2 cm³/mol. The molecule has 0 aromatic carbocycles. The van der Waals surface area contributed by atoms with Crippen molar-refractivity contribution in [1.82, 2.24) is 4.90 Å². The average molecular weight is 242 g/mol. The smallest absolute Gasteiger partial charge is 0.223 e. The standard InChI is InChI=1S/C12H22N2OS/c1-9(2)14(8-11(13)16)12(15)7-10-5-3-4-6-10/h9-10H,3-8H2,1-2H3,(H2,13,16). The summed E-state index contributed by atoms with van der Waals surface area (Å²) in [5.41, 5.74) is 5.51. The lowest BCUT2D eigenvalue weighted by Crippen LogP contribution is -2.42. The lowest BCUT2D eigenvalue weighted by molar-refractivity contribution is -0.133. The van der Waals surface area contributed by atoms with Gasteiger partial charge in [-0.3, -0.25) is 4.79 Å². The predicted octanol–water partition coefficient (Wildman–Crippen LogP) is 2.09. The first-order chi connectivity index (χ1) is 7.50. The van der Waals surface area contributed by atoms with E-state index in [0.29, 0.717) is 23.9 Å². The van der Waals surface area contributed by atoms with Crippen molar-refractivity contribution < 1.29 is 4.79 Å². The van der Waals surface area contributed by atoms with E-state index in [4.69, 9.17) is 18.0 Å². The Kier molecular flexibility index (Phi) is 5.19. The summed E-state index contributed by atoms with van der Waals surface area (Å²) in [6, 6.07) is 0.176. The third kappa shape index (κ3) is 4.08. The highest BCUT2D eigenvalue weighted by molar-refractivity contribution is 7.80. The third-order valence-electron chi connectivity index (χ3n) is 3.21. The zero-order valence-electron chi connectivity index (χ0n) is 10.2. The maximum absolute atomic E-state index is 12.1. The maximum Gasteiger partial charge on any atom is 0.223 e. The summed E-state index contributed by atoms with van der Waals surface area (Å²) in [5.74, 6) is 0.787. The minimum atomic E-state index is 0.176. The van der Waals surface area contributed by atoms with Crippen LogP contribution < -0.4 is 5.73 Å². The average Bonchev–Trinajstić information content (AvgIpc) is 2.65. The minimum absolute atomic E-state index is 0.176. The van der Waals surface area contributed by atoms with Gasteiger partial charge in [-0.1, -0.05) is 25.1 Å². The molecule has 0 aromatic heterocycles. The molecule has 16 heavy (non-hydrogen) atoms. The van der Waals surface area contributed by atoms with Crippen LogP contribution in [-0.4, -0.2) is 28.4 Å². The van der Waals surface area contributed by atoms with Gasteiger partial charge in [0.15, 0.2) is 0 Å². The molecule has 1 aliphatic carbocycles. The van der Waals surface area contributed by atoms with Gasteiger partial charge in [-0.05, 0) is 32.6 Å². The molecule has 0 aliphatic heterocycles. The Balaban J connectivity index is 2.49. The van der Waals surface area contributed by atoms with Crippen LogP contribution in [0.25, 0.3) is 0 Å². The number of amides is 1. The van der Waals surface area contributed by atoms with E-state index in [2.05, 4.69) is 0 Å². The molecule has 1 aliphatic rings. The van der Waals surface area contributed by atoms with E-state index in [1.807, 2.05) is 13.8 Å². The molecular formula is C12H22N2OS. The molecule has 92 valence electrons. The summed E-state index contributed by atoms with van der Waals surface area (Å²) < 4.78 is 0. The Labute approximate surface area is 103 Å². The molecule has 0 heterocycles. The van der Waals surface area contributed by atoms with Gasteiger partial charge in [0.2, 0.25) is 5.91 Å². The molecule has 0 bridgehead atoms. The van der Waals surface area contributed by atoms with Crippen LogP contribution >= 0.6 is 12.2 Å². The Bertz CT molecular complexity index is 260. The molecule has 1 amide bonds. The van der Waals surface area contributed by atoms with Gasteiger partial charge in [0.25, 0.3) is 0 Å². The Morgan fingerprint density at radius 3 is 2.44 bits per heavy atom. The normalized spacial score (nSPS) is 16.7. The van der Waals surface area contributed by atoms with E-state index in [1.165, 1.54) is 25.7 Å². The maximum atomic E-state index is 12.1. The molecule has 0 aromatic rings. The van der Waals surface area contributed by atoms with Gasteiger partial charge >= 0.3 is 0 Å². The molecule has 1 rings (SSSR count). The molecule has 0 radical (unpaired) electrons. The highest BCUT2D eigenvalue weighted by Crippen LogP contribution is 2.28. The van der Waals surface area contributed by atoms with Gasteiger partial charge in [-0.15, -0.1) is 0 Å². The molecule has 1 fully saturated rings. The molecule has 0 spiro atoms. The minimum Gasteiger partial charge on any atom is -0.392 e. The van der Waals surface area contributed by atoms with Crippen LogP contribution in [-0.2, 0) is 4.79 Å². The number of hydrogen-bond donors (Lipinski definition) is 1. The monoisotopic (exact) mass is 242 g/mol. The summed E-state index contributed by atoms with van der Waals surface area (Å²) in [6.45, 7) is 4.42. The largest absolute Gasteiger partial charge is 0.392 e. The molecule has 1 saturated carbocycles. The number of thiocarbonyl (C=S) groups is 1. The lowest BCUT2D eigenvalue weighted by atomic mass is 10.0. The van der Waals surface area contributed by atoms with Gasteiger partial charge in [-0.25, -0.2) is 0 Å². The fourth-order valence-corrected chi connectivity index (χ4v) is 2.44. The second-order valence-electron chi connectivity index (χ2n) is 4.94. The van der Waals surface area contributed by atoms with Crippen molar-refractivity contribution in [1.29, 1.82) is 0 Å². The van der Waals surface area contributed by atoms with Crippen LogP contribution in [0.1, 0.15) is 46.0 Å². The van der Waals surface area contributed by atoms with E-state index in [1.54, 1.807) is 4.90 Å². The number of nitrogens with zero attached hydrogens (tertiary/aromatic N) is 1. The van der Waals surface area contributed by atoms with Crippen molar-refractivity contribution in [3.05, 3.63) is 0 Å². The van der Waals surface area contributed by atoms with E-state index >= 15 is 0 Å². The molecular weight excluding hydrogens is 220 g/mol. The van der Waals surface area contributed by atoms with Crippen molar-refractivity contribution in [3.8, 4) is 0 Å². The zero-order chi connectivity index (χ0) is 12.1. The second-order valence-corrected chi connectivity index (χ2v) is 5.46. The van der Waals surface area contributed by atoms with Crippen molar-refractivity contribution >= 4 is 23.1 Å². The van der Waals surface area contributed by atoms with Crippen LogP contribution in [0.5, 0.6) is 0 Å². The van der Waals surface area contributed by atoms with E-state index < -0.39 is 0 Å². The quantitative estimate of drug-likeness (QED) is 0.751. The zero-order valence-corrected chi connectivity index (χ0v) is 11.1. The Morgan fingerprint density at radius 2 is 2.00 bits per heavy atom. The highest BCUT2D eigenvalue weighted by atomic mass is 32.1. The summed E-state index contributed by atoms with van der Waals surface area (Å²) >= 11 is 4.88. The number of carbonyl (C=O) groups excluding carboxylic acids is 1. The van der Waals surface area contributed by atoms with Gasteiger partial charge in [0, 0.05) is 12.5 Å². The van der Waals surface area contributed by atoms with Gasteiger partial charge < -0.3 is 10.6 Å². The summed E-state index contributed by atoms with van der Waals surface area (Å²) in [6.07, 6.45) is 5.61. The van der Waals surface area contributed by atoms with Gasteiger partial charge in [-0.2, -0.15) is 0 Å². The Morgan fingerprint density at radius 1 is 1.44 bits per heavy atom. The second kappa shape index (κ2) is 6.18. The fraction of sp³-hybridized carbons (Fsp3) is 0.833. The Hall–Kier alpha value is -0.640. The lowest BCUT2D eigenvalue weighted by Gasteiger charge is -2.27. The van der Waals surface area contributed by atoms with Crippen LogP contribution in [0.4, 0.5) is 0 Å². The summed E-state index contributed by atoms with van der Waals surface area (Å²) in [4.78, 5) is 14.3. The van der Waals surface area contributed by atoms with Crippen LogP contribution in [0.2, 0.25) is 0 Å². The van der Waals surface area contributed by atoms with Crippen LogP contribution in [0.3, 0.4) is 0 Å². The third-order valence-corrected chi connectivity index (χ3v) is 3.34. The van der Waals surface area contributed by atoms with Gasteiger partial charge in [0.05, 0.1) is 11.5 Å². The first kappa shape index (κ1) is 13.4. The van der Waals surface area contributed by atoms with E-state index in [0.717, 1.165) is 0 Å². The molecule has 2 N–H and O–H groups in total. The molecule has 3 nitrogen and oxygen atoms in total. The topological polar surface area (TPSA) is 46.3 Å². The van der Waals surface area contributed by atoms with E-state index in [9.17, 15) is 4.79 Å². The first-order valence-corrected chi connectivity index (χ1v) is 6.49. The summed E-state index contributed by atoms with van der Waals surface area (Å²) in [5, 5.41) is 0. The highest BCUT2D eigenvalue weighted by Gasteiger charge is 2.23. The van der Waals surface area contributed by atoms with Crippen LogP contribution in [0.15, 0.2) is 0 Å². The van der Waals surface area contributed by atoms with Crippen molar-refractivity contribution in [2.75, 3.05) is 6.54 Å². The van der Waals surface area contributed by atoms with Crippen molar-refractivity contribution in [3.63, 3.8) is 0 Å². The van der Waals surface area contributed by atoms with Crippen molar-refractivity contribution in [2.45, 2.75) is 52.0 Å². The first-order valence-electron chi connectivity index (χ1n) is 6.08. The number of carbonyl (C=O) groups is 1. The molecule has 0 saturated heterocycles. The van der Waals surface area contributed by atoms with Gasteiger partial charge in [0.1, 0.15) is 0 Å². The van der Waals surface area contributed by atoms with E-state index in [-0.39, 0.29) is 11.9 Å². The molecule has 0 atom stereocenters. The number of rotatable bonds is 5. The molecule has 4 heteroatoms. The number of nitrogens with two attached hydrogens (primary N) is 1. The number of hydrogen-bond acceptors (Lipinski definition) is 2. The summed E-state index contributed by atoms with van der Waals surface area (Å²) in [7, 11) is 0.